The number of rotatable bonds is 9. The number of aliphatic carboxylic acids is 1. The van der Waals surface area contributed by atoms with E-state index in [0.717, 1.165) is 57.8 Å². The number of hydrogen-bond acceptors (Lipinski definition) is 3. The molecule has 0 saturated carbocycles. The van der Waals surface area contributed by atoms with Crippen molar-refractivity contribution in [2.45, 2.75) is 51.2 Å². The normalized spacial score (nSPS) is 20.3. The third kappa shape index (κ3) is 9.45. The largest absolute Gasteiger partial charge is 0.478 e. The Labute approximate surface area is 115 Å². The van der Waals surface area contributed by atoms with Crippen LogP contribution in [0.1, 0.15) is 44.9 Å². The van der Waals surface area contributed by atoms with Crippen LogP contribution in [0.3, 0.4) is 0 Å². The zero-order valence-electron chi connectivity index (χ0n) is 11.4. The predicted molar refractivity (Wildman–Crippen MR) is 73.9 cm³/mol. The fourth-order valence-electron chi connectivity index (χ4n) is 1.91. The van der Waals surface area contributed by atoms with Gasteiger partial charge in [-0.25, -0.2) is 4.79 Å². The highest BCUT2D eigenvalue weighted by atomic mass is 16.7. The standard InChI is InChI=1S/C15H24O4/c16-14(17)10-6-4-2-1-3-5-8-12-18-15-11-7-9-13-19-15/h2,4,6,10,15H,1,3,5,7-9,11-13H2,(H,16,17)/b4-2+,10-6+. The first kappa shape index (κ1) is 15.9. The van der Waals surface area contributed by atoms with E-state index in [1.807, 2.05) is 6.08 Å². The average Bonchev–Trinajstić information content (AvgIpc) is 2.42. The molecular weight excluding hydrogens is 244 g/mol. The Hall–Kier alpha value is -1.13. The maximum atomic E-state index is 10.2. The number of ether oxygens (including phenoxy) is 2. The zero-order valence-corrected chi connectivity index (χ0v) is 11.4. The van der Waals surface area contributed by atoms with Crippen LogP contribution in [0, 0.1) is 0 Å². The van der Waals surface area contributed by atoms with Crippen LogP contribution in [0.25, 0.3) is 0 Å². The summed E-state index contributed by atoms with van der Waals surface area (Å²) < 4.78 is 11.1. The van der Waals surface area contributed by atoms with Gasteiger partial charge in [-0.2, -0.15) is 0 Å². The molecule has 0 spiro atoms. The summed E-state index contributed by atoms with van der Waals surface area (Å²) in [5.74, 6) is -0.910. The van der Waals surface area contributed by atoms with Gasteiger partial charge in [-0.15, -0.1) is 0 Å². The van der Waals surface area contributed by atoms with E-state index in [1.54, 1.807) is 12.2 Å². The van der Waals surface area contributed by atoms with Gasteiger partial charge in [0.25, 0.3) is 0 Å². The number of carbonyl (C=O) groups is 1. The van der Waals surface area contributed by atoms with Crippen LogP contribution in [-0.4, -0.2) is 30.6 Å². The molecule has 1 fully saturated rings. The van der Waals surface area contributed by atoms with E-state index >= 15 is 0 Å². The maximum absolute atomic E-state index is 10.2. The lowest BCUT2D eigenvalue weighted by Gasteiger charge is -2.22. The molecule has 1 N–H and O–H groups in total. The predicted octanol–water partition coefficient (Wildman–Crippen LogP) is 3.29. The van der Waals surface area contributed by atoms with Crippen molar-refractivity contribution in [1.29, 1.82) is 0 Å². The molecule has 0 aromatic rings. The van der Waals surface area contributed by atoms with Gasteiger partial charge in [-0.3, -0.25) is 0 Å². The lowest BCUT2D eigenvalue weighted by atomic mass is 10.2. The first-order valence-electron chi connectivity index (χ1n) is 7.08. The Balaban J connectivity index is 1.86. The minimum absolute atomic E-state index is 0.0230. The molecule has 0 aliphatic carbocycles. The van der Waals surface area contributed by atoms with Crippen LogP contribution < -0.4 is 0 Å². The molecule has 0 amide bonds. The average molecular weight is 268 g/mol. The van der Waals surface area contributed by atoms with Gasteiger partial charge in [-0.1, -0.05) is 24.6 Å². The van der Waals surface area contributed by atoms with Crippen molar-refractivity contribution in [3.63, 3.8) is 0 Å². The van der Waals surface area contributed by atoms with E-state index in [1.165, 1.54) is 6.42 Å². The smallest absolute Gasteiger partial charge is 0.328 e. The molecule has 1 saturated heterocycles. The van der Waals surface area contributed by atoms with E-state index in [-0.39, 0.29) is 6.29 Å². The summed E-state index contributed by atoms with van der Waals surface area (Å²) >= 11 is 0. The number of hydrogen-bond donors (Lipinski definition) is 1. The van der Waals surface area contributed by atoms with E-state index < -0.39 is 5.97 Å². The van der Waals surface area contributed by atoms with Gasteiger partial charge in [-0.05, 0) is 38.5 Å². The summed E-state index contributed by atoms with van der Waals surface area (Å²) in [7, 11) is 0. The highest BCUT2D eigenvalue weighted by Crippen LogP contribution is 2.14. The molecule has 0 aromatic carbocycles. The summed E-state index contributed by atoms with van der Waals surface area (Å²) in [6.07, 6.45) is 14.1. The van der Waals surface area contributed by atoms with Crippen LogP contribution in [0.2, 0.25) is 0 Å². The monoisotopic (exact) mass is 268 g/mol. The Morgan fingerprint density at radius 1 is 1.26 bits per heavy atom. The SMILES string of the molecule is O=C(O)/C=C/C=C/CCCCCOC1CCCCO1. The summed E-state index contributed by atoms with van der Waals surface area (Å²) in [5, 5.41) is 8.38. The van der Waals surface area contributed by atoms with E-state index in [0.29, 0.717) is 0 Å². The van der Waals surface area contributed by atoms with E-state index in [2.05, 4.69) is 0 Å². The third-order valence-corrected chi connectivity index (χ3v) is 2.94. The van der Waals surface area contributed by atoms with Gasteiger partial charge in [0.1, 0.15) is 0 Å². The third-order valence-electron chi connectivity index (χ3n) is 2.94. The second-order valence-corrected chi connectivity index (χ2v) is 4.64. The highest BCUT2D eigenvalue weighted by Gasteiger charge is 2.12. The van der Waals surface area contributed by atoms with Gasteiger partial charge >= 0.3 is 5.97 Å². The highest BCUT2D eigenvalue weighted by molar-refractivity contribution is 5.80. The Kier molecular flexibility index (Phi) is 9.02. The van der Waals surface area contributed by atoms with Crippen molar-refractivity contribution in [3.8, 4) is 0 Å². The number of carboxylic acid groups (broad SMARTS) is 1. The van der Waals surface area contributed by atoms with Gasteiger partial charge in [0.05, 0.1) is 0 Å². The second-order valence-electron chi connectivity index (χ2n) is 4.64. The molecule has 19 heavy (non-hydrogen) atoms. The van der Waals surface area contributed by atoms with Crippen LogP contribution >= 0.6 is 0 Å². The lowest BCUT2D eigenvalue weighted by molar-refractivity contribution is -0.162. The topological polar surface area (TPSA) is 55.8 Å². The fourth-order valence-corrected chi connectivity index (χ4v) is 1.91. The van der Waals surface area contributed by atoms with Gasteiger partial charge in [0.15, 0.2) is 6.29 Å². The number of allylic oxidation sites excluding steroid dienone is 3. The van der Waals surface area contributed by atoms with E-state index in [4.69, 9.17) is 14.6 Å². The Morgan fingerprint density at radius 2 is 2.16 bits per heavy atom. The van der Waals surface area contributed by atoms with Crippen molar-refractivity contribution in [1.82, 2.24) is 0 Å². The van der Waals surface area contributed by atoms with Crippen LogP contribution in [0.15, 0.2) is 24.3 Å². The van der Waals surface area contributed by atoms with Crippen molar-refractivity contribution in [2.75, 3.05) is 13.2 Å². The summed E-state index contributed by atoms with van der Waals surface area (Å²) in [5.41, 5.74) is 0. The van der Waals surface area contributed by atoms with Crippen molar-refractivity contribution < 1.29 is 19.4 Å². The summed E-state index contributed by atoms with van der Waals surface area (Å²) in [6, 6.07) is 0. The minimum Gasteiger partial charge on any atom is -0.478 e. The molecule has 4 nitrogen and oxygen atoms in total. The molecular formula is C15H24O4. The molecule has 1 aliphatic heterocycles. The fraction of sp³-hybridized carbons (Fsp3) is 0.667. The van der Waals surface area contributed by atoms with Crippen molar-refractivity contribution in [3.05, 3.63) is 24.3 Å². The molecule has 0 radical (unpaired) electrons. The molecule has 1 heterocycles. The summed E-state index contributed by atoms with van der Waals surface area (Å²) in [6.45, 7) is 1.60. The molecule has 0 bridgehead atoms. The first-order chi connectivity index (χ1) is 9.29. The van der Waals surface area contributed by atoms with Crippen LogP contribution in [0.4, 0.5) is 0 Å². The minimum atomic E-state index is -0.910. The van der Waals surface area contributed by atoms with Gasteiger partial charge in [0, 0.05) is 19.3 Å². The van der Waals surface area contributed by atoms with Crippen molar-refractivity contribution in [2.24, 2.45) is 0 Å². The first-order valence-corrected chi connectivity index (χ1v) is 7.08. The van der Waals surface area contributed by atoms with Crippen LogP contribution in [0.5, 0.6) is 0 Å². The lowest BCUT2D eigenvalue weighted by Crippen LogP contribution is -2.22. The number of unbranched alkanes of at least 4 members (excludes halogenated alkanes) is 3. The van der Waals surface area contributed by atoms with Crippen molar-refractivity contribution >= 4 is 5.97 Å². The molecule has 4 heteroatoms. The van der Waals surface area contributed by atoms with E-state index in [9.17, 15) is 4.79 Å². The maximum Gasteiger partial charge on any atom is 0.328 e. The number of carboxylic acids is 1. The molecule has 1 atom stereocenters. The Morgan fingerprint density at radius 3 is 2.89 bits per heavy atom. The molecule has 0 aromatic heterocycles. The molecule has 1 rings (SSSR count). The molecule has 1 aliphatic rings. The van der Waals surface area contributed by atoms with Crippen LogP contribution in [-0.2, 0) is 14.3 Å². The quantitative estimate of drug-likeness (QED) is 0.396. The Bertz CT molecular complexity index is 291. The zero-order chi connectivity index (χ0) is 13.8. The molecule has 108 valence electrons. The molecule has 1 unspecified atom stereocenters. The summed E-state index contributed by atoms with van der Waals surface area (Å²) in [4.78, 5) is 10.2. The van der Waals surface area contributed by atoms with Gasteiger partial charge in [0.2, 0.25) is 0 Å². The van der Waals surface area contributed by atoms with Gasteiger partial charge < -0.3 is 14.6 Å². The second kappa shape index (κ2) is 10.8.